The molecule has 0 unspecified atom stereocenters. The summed E-state index contributed by atoms with van der Waals surface area (Å²) in [4.78, 5) is 11.9. The van der Waals surface area contributed by atoms with E-state index in [2.05, 4.69) is 15.3 Å². The van der Waals surface area contributed by atoms with Gasteiger partial charge < -0.3 is 9.47 Å². The van der Waals surface area contributed by atoms with E-state index in [0.717, 1.165) is 0 Å². The van der Waals surface area contributed by atoms with Gasteiger partial charge in [0.25, 0.3) is 5.91 Å². The Morgan fingerprint density at radius 2 is 2.08 bits per heavy atom. The average molecular weight is 369 g/mol. The summed E-state index contributed by atoms with van der Waals surface area (Å²) in [5.41, 5.74) is 3.25. The predicted octanol–water partition coefficient (Wildman–Crippen LogP) is 4.10. The maximum absolute atomic E-state index is 12.4. The molecule has 2 aromatic rings. The van der Waals surface area contributed by atoms with Gasteiger partial charge >= 0.3 is 6.61 Å². The first kappa shape index (κ1) is 18.7. The molecule has 0 spiro atoms. The molecule has 0 aromatic heterocycles. The monoisotopic (exact) mass is 368 g/mol. The molecule has 0 aliphatic heterocycles. The first-order valence-corrected chi connectivity index (χ1v) is 7.68. The second kappa shape index (κ2) is 8.98. The minimum absolute atomic E-state index is 0.0723. The highest BCUT2D eigenvalue weighted by atomic mass is 35.5. The van der Waals surface area contributed by atoms with E-state index >= 15 is 0 Å². The molecule has 0 aliphatic carbocycles. The molecular weight excluding hydrogens is 354 g/mol. The summed E-state index contributed by atoms with van der Waals surface area (Å²) in [6.45, 7) is -0.945. The Balaban J connectivity index is 2.07. The van der Waals surface area contributed by atoms with E-state index in [1.54, 1.807) is 25.1 Å². The molecule has 0 atom stereocenters. The Kier molecular flexibility index (Phi) is 6.71. The largest absolute Gasteiger partial charge is 0.490 e. The third kappa shape index (κ3) is 5.72. The standard InChI is InChI=1S/C17H15ClF2N2O3/c1-2-24-15-8-11(6-7-14(15)25-17(19)20)10-21-22-16(23)12-4-3-5-13(18)9-12/h3-10,17H,2H2,1H3,(H,22,23)/b21-10-. The van der Waals surface area contributed by atoms with Crippen molar-refractivity contribution in [3.05, 3.63) is 58.6 Å². The van der Waals surface area contributed by atoms with Gasteiger partial charge in [-0.15, -0.1) is 0 Å². The molecule has 2 aromatic carbocycles. The van der Waals surface area contributed by atoms with Gasteiger partial charge in [0.2, 0.25) is 0 Å². The van der Waals surface area contributed by atoms with Gasteiger partial charge in [0, 0.05) is 10.6 Å². The van der Waals surface area contributed by atoms with Crippen LogP contribution in [0.4, 0.5) is 8.78 Å². The number of carbonyl (C=O) groups is 1. The molecule has 1 N–H and O–H groups in total. The molecule has 0 bridgehead atoms. The van der Waals surface area contributed by atoms with Crippen molar-refractivity contribution in [3.63, 3.8) is 0 Å². The second-order valence-corrected chi connectivity index (χ2v) is 5.16. The Hall–Kier alpha value is -2.67. The minimum atomic E-state index is -2.95. The van der Waals surface area contributed by atoms with Gasteiger partial charge in [0.15, 0.2) is 11.5 Å². The van der Waals surface area contributed by atoms with E-state index in [1.807, 2.05) is 0 Å². The number of nitrogens with one attached hydrogen (secondary N) is 1. The van der Waals surface area contributed by atoms with Gasteiger partial charge in [-0.2, -0.15) is 13.9 Å². The van der Waals surface area contributed by atoms with Crippen molar-refractivity contribution in [3.8, 4) is 11.5 Å². The first-order valence-electron chi connectivity index (χ1n) is 7.30. The lowest BCUT2D eigenvalue weighted by molar-refractivity contribution is -0.0514. The Labute approximate surface area is 148 Å². The smallest absolute Gasteiger partial charge is 0.387 e. The molecule has 0 aliphatic rings. The molecular formula is C17H15ClF2N2O3. The minimum Gasteiger partial charge on any atom is -0.490 e. The van der Waals surface area contributed by atoms with Gasteiger partial charge in [-0.05, 0) is 48.9 Å². The van der Waals surface area contributed by atoms with Crippen LogP contribution in [0.15, 0.2) is 47.6 Å². The van der Waals surface area contributed by atoms with Crippen molar-refractivity contribution < 1.29 is 23.0 Å². The van der Waals surface area contributed by atoms with Gasteiger partial charge in [-0.25, -0.2) is 5.43 Å². The molecule has 0 fully saturated rings. The molecule has 1 amide bonds. The number of halogens is 3. The summed E-state index contributed by atoms with van der Waals surface area (Å²) in [5, 5.41) is 4.26. The highest BCUT2D eigenvalue weighted by Gasteiger charge is 2.11. The van der Waals surface area contributed by atoms with Crippen LogP contribution in [-0.2, 0) is 0 Å². The number of amides is 1. The van der Waals surface area contributed by atoms with Gasteiger partial charge in [-0.1, -0.05) is 17.7 Å². The van der Waals surface area contributed by atoms with Crippen LogP contribution in [-0.4, -0.2) is 25.3 Å². The number of benzene rings is 2. The zero-order valence-electron chi connectivity index (χ0n) is 13.2. The summed E-state index contributed by atoms with van der Waals surface area (Å²) in [5.74, 6) is -0.341. The molecule has 5 nitrogen and oxygen atoms in total. The van der Waals surface area contributed by atoms with Crippen molar-refractivity contribution in [2.45, 2.75) is 13.5 Å². The van der Waals surface area contributed by atoms with Crippen LogP contribution in [0.3, 0.4) is 0 Å². The van der Waals surface area contributed by atoms with Gasteiger partial charge in [0.05, 0.1) is 12.8 Å². The van der Waals surface area contributed by atoms with Crippen molar-refractivity contribution in [2.75, 3.05) is 6.61 Å². The van der Waals surface area contributed by atoms with E-state index in [1.165, 1.54) is 30.5 Å². The first-order chi connectivity index (χ1) is 12.0. The lowest BCUT2D eigenvalue weighted by Crippen LogP contribution is -2.17. The topological polar surface area (TPSA) is 59.9 Å². The zero-order chi connectivity index (χ0) is 18.2. The van der Waals surface area contributed by atoms with Gasteiger partial charge in [-0.3, -0.25) is 4.79 Å². The van der Waals surface area contributed by atoms with Crippen LogP contribution in [0.5, 0.6) is 11.5 Å². The molecule has 25 heavy (non-hydrogen) atoms. The Bertz CT molecular complexity index is 769. The molecule has 2 rings (SSSR count). The number of hydrogen-bond donors (Lipinski definition) is 1. The third-order valence-corrected chi connectivity index (χ3v) is 3.19. The molecule has 0 radical (unpaired) electrons. The van der Waals surface area contributed by atoms with E-state index in [0.29, 0.717) is 16.1 Å². The Morgan fingerprint density at radius 3 is 2.76 bits per heavy atom. The molecule has 8 heteroatoms. The lowest BCUT2D eigenvalue weighted by atomic mass is 10.2. The maximum Gasteiger partial charge on any atom is 0.387 e. The van der Waals surface area contributed by atoms with Gasteiger partial charge in [0.1, 0.15) is 0 Å². The van der Waals surface area contributed by atoms with Crippen molar-refractivity contribution in [1.82, 2.24) is 5.43 Å². The Morgan fingerprint density at radius 1 is 1.28 bits per heavy atom. The zero-order valence-corrected chi connectivity index (χ0v) is 14.0. The highest BCUT2D eigenvalue weighted by molar-refractivity contribution is 6.30. The van der Waals surface area contributed by atoms with E-state index in [9.17, 15) is 13.6 Å². The fourth-order valence-electron chi connectivity index (χ4n) is 1.93. The van der Waals surface area contributed by atoms with Crippen LogP contribution in [0, 0.1) is 0 Å². The summed E-state index contributed by atoms with van der Waals surface area (Å²) in [7, 11) is 0. The fraction of sp³-hybridized carbons (Fsp3) is 0.176. The molecule has 0 heterocycles. The van der Waals surface area contributed by atoms with E-state index < -0.39 is 12.5 Å². The summed E-state index contributed by atoms with van der Waals surface area (Å²) in [6.07, 6.45) is 1.36. The highest BCUT2D eigenvalue weighted by Crippen LogP contribution is 2.29. The number of hydrazone groups is 1. The number of alkyl halides is 2. The van der Waals surface area contributed by atoms with Crippen molar-refractivity contribution >= 4 is 23.7 Å². The quantitative estimate of drug-likeness (QED) is 0.591. The van der Waals surface area contributed by atoms with Crippen LogP contribution < -0.4 is 14.9 Å². The summed E-state index contributed by atoms with van der Waals surface area (Å²) < 4.78 is 34.4. The van der Waals surface area contributed by atoms with Crippen LogP contribution in [0.25, 0.3) is 0 Å². The number of ether oxygens (including phenoxy) is 2. The van der Waals surface area contributed by atoms with Crippen LogP contribution in [0.2, 0.25) is 5.02 Å². The van der Waals surface area contributed by atoms with Crippen molar-refractivity contribution in [1.29, 1.82) is 0 Å². The fourth-order valence-corrected chi connectivity index (χ4v) is 2.12. The SMILES string of the molecule is CCOc1cc(/C=N\NC(=O)c2cccc(Cl)c2)ccc1OC(F)F. The summed E-state index contributed by atoms with van der Waals surface area (Å²) in [6, 6.07) is 10.7. The summed E-state index contributed by atoms with van der Waals surface area (Å²) >= 11 is 5.82. The van der Waals surface area contributed by atoms with Crippen LogP contribution in [0.1, 0.15) is 22.8 Å². The molecule has 0 saturated heterocycles. The maximum atomic E-state index is 12.4. The van der Waals surface area contributed by atoms with Crippen LogP contribution >= 0.6 is 11.6 Å². The van der Waals surface area contributed by atoms with E-state index in [4.69, 9.17) is 16.3 Å². The number of nitrogens with zero attached hydrogens (tertiary/aromatic N) is 1. The number of rotatable bonds is 7. The normalized spacial score (nSPS) is 10.9. The second-order valence-electron chi connectivity index (χ2n) is 4.73. The van der Waals surface area contributed by atoms with Crippen molar-refractivity contribution in [2.24, 2.45) is 5.10 Å². The molecule has 0 saturated carbocycles. The number of hydrogen-bond acceptors (Lipinski definition) is 4. The predicted molar refractivity (Wildman–Crippen MR) is 90.8 cm³/mol. The molecule has 132 valence electrons. The number of carbonyl (C=O) groups excluding carboxylic acids is 1. The van der Waals surface area contributed by atoms with E-state index in [-0.39, 0.29) is 18.1 Å². The average Bonchev–Trinajstić information content (AvgIpc) is 2.57. The third-order valence-electron chi connectivity index (χ3n) is 2.95. The lowest BCUT2D eigenvalue weighted by Gasteiger charge is -2.11.